The van der Waals surface area contributed by atoms with Gasteiger partial charge in [0.25, 0.3) is 23.6 Å². The molecule has 0 N–H and O–H groups in total. The lowest BCUT2D eigenvalue weighted by atomic mass is 9.93. The first-order chi connectivity index (χ1) is 36.0. The summed E-state index contributed by atoms with van der Waals surface area (Å²) in [6.07, 6.45) is -12.8. The maximum Gasteiger partial charge on any atom is 0.303 e. The number of carbonyl (C=O) groups excluding carboxylic acids is 8. The molecular formula is C49H38Cl8N2O16S. The van der Waals surface area contributed by atoms with E-state index in [1.165, 1.54) is 0 Å². The zero-order chi connectivity index (χ0) is 55.2. The summed E-state index contributed by atoms with van der Waals surface area (Å²) < 4.78 is 49.6. The van der Waals surface area contributed by atoms with E-state index in [0.29, 0.717) is 20.3 Å². The van der Waals surface area contributed by atoms with E-state index in [1.54, 1.807) is 60.7 Å². The summed E-state index contributed by atoms with van der Waals surface area (Å²) >= 11 is 53.1. The molecule has 0 aliphatic carbocycles. The summed E-state index contributed by atoms with van der Waals surface area (Å²) in [7, 11) is 0. The highest BCUT2D eigenvalue weighted by Gasteiger charge is 2.62. The van der Waals surface area contributed by atoms with E-state index in [1.807, 2.05) is 0 Å². The molecule has 4 amide bonds. The highest BCUT2D eigenvalue weighted by molar-refractivity contribution is 7.99. The summed E-state index contributed by atoms with van der Waals surface area (Å²) in [5.41, 5.74) is -2.70. The molecule has 0 radical (unpaired) electrons. The second-order valence-corrected chi connectivity index (χ2v) is 21.3. The van der Waals surface area contributed by atoms with E-state index >= 15 is 0 Å². The van der Waals surface area contributed by atoms with Gasteiger partial charge in [0, 0.05) is 32.6 Å². The number of benzene rings is 4. The molecule has 27 heteroatoms. The van der Waals surface area contributed by atoms with E-state index in [4.69, 9.17) is 131 Å². The van der Waals surface area contributed by atoms with E-state index < -0.39 is 174 Å². The highest BCUT2D eigenvalue weighted by atomic mass is 35.5. The molecule has 4 aromatic carbocycles. The van der Waals surface area contributed by atoms with E-state index in [-0.39, 0.29) is 16.7 Å². The third kappa shape index (κ3) is 11.2. The van der Waals surface area contributed by atoms with Crippen molar-refractivity contribution in [1.29, 1.82) is 0 Å². The van der Waals surface area contributed by atoms with Gasteiger partial charge in [0.15, 0.2) is 24.6 Å². The van der Waals surface area contributed by atoms with Crippen LogP contribution in [0.15, 0.2) is 65.6 Å². The molecule has 4 aromatic rings. The number of ether oxygens (including phenoxy) is 8. The minimum absolute atomic E-state index is 0.0459. The second-order valence-electron chi connectivity index (χ2n) is 17.1. The monoisotopic (exact) mass is 1220 g/mol. The number of imide groups is 2. The summed E-state index contributed by atoms with van der Waals surface area (Å²) in [6, 6.07) is 13.6. The van der Waals surface area contributed by atoms with Crippen LogP contribution in [-0.4, -0.2) is 131 Å². The third-order valence-electron chi connectivity index (χ3n) is 12.1. The number of amides is 4. The molecule has 0 bridgehead atoms. The van der Waals surface area contributed by atoms with E-state index in [2.05, 4.69) is 0 Å². The minimum Gasteiger partial charge on any atom is -0.463 e. The Morgan fingerprint density at radius 2 is 0.908 bits per heavy atom. The van der Waals surface area contributed by atoms with Crippen molar-refractivity contribution in [3.63, 3.8) is 0 Å². The molecule has 18 nitrogen and oxygen atoms in total. The van der Waals surface area contributed by atoms with Gasteiger partial charge in [-0.15, -0.1) is 0 Å². The van der Waals surface area contributed by atoms with Crippen LogP contribution in [0.25, 0.3) is 0 Å². The van der Waals surface area contributed by atoms with Crippen molar-refractivity contribution in [3.8, 4) is 0 Å². The molecule has 4 heterocycles. The standard InChI is InChI=1S/C49H38Cl8N2O16S/c1-18(60)69-17-25-40(70-19(2)61)42(71-20(3)62)38(58-44(64)26-27(45(58)65)31(51)35(55)34(54)30(26)50)48(73-25)75-41-24(16-68-15-22-11-7-5-8-12-22)74-49(76-23-13-9-6-10-14-23)39(43(41)72-21(4)63)59-46(66)28-29(47(59)67)33(53)37(57)36(56)32(28)52/h5-14,24-25,38-43,48-49H,15-17H2,1-4H3/t24-,25-,38-,39-,40-,41-,42-,43-,48+,49+/m1/s1. The molecule has 2 fully saturated rings. The fraction of sp³-hybridized carbons (Fsp3) is 0.347. The Morgan fingerprint density at radius 3 is 1.36 bits per heavy atom. The predicted molar refractivity (Wildman–Crippen MR) is 275 cm³/mol. The van der Waals surface area contributed by atoms with Crippen LogP contribution in [0.1, 0.15) is 74.7 Å². The van der Waals surface area contributed by atoms with Crippen molar-refractivity contribution in [1.82, 2.24) is 9.80 Å². The number of halogens is 8. The van der Waals surface area contributed by atoms with Crippen molar-refractivity contribution in [2.24, 2.45) is 0 Å². The van der Waals surface area contributed by atoms with Gasteiger partial charge in [0.2, 0.25) is 0 Å². The summed E-state index contributed by atoms with van der Waals surface area (Å²) in [6.45, 7) is 2.81. The van der Waals surface area contributed by atoms with Crippen LogP contribution < -0.4 is 0 Å². The third-order valence-corrected chi connectivity index (χ3v) is 16.9. The number of hydrogen-bond acceptors (Lipinski definition) is 17. The normalized spacial score (nSPS) is 25.1. The van der Waals surface area contributed by atoms with Crippen molar-refractivity contribution < 1.29 is 76.3 Å². The molecule has 2 saturated heterocycles. The van der Waals surface area contributed by atoms with Crippen LogP contribution in [0.4, 0.5) is 0 Å². The molecule has 0 unspecified atom stereocenters. The van der Waals surface area contributed by atoms with Gasteiger partial charge in [0.1, 0.15) is 42.4 Å². The molecule has 10 atom stereocenters. The molecule has 0 aromatic heterocycles. The largest absolute Gasteiger partial charge is 0.463 e. The van der Waals surface area contributed by atoms with Gasteiger partial charge in [-0.3, -0.25) is 48.2 Å². The Bertz CT molecular complexity index is 2960. The van der Waals surface area contributed by atoms with Crippen LogP contribution >= 0.6 is 105 Å². The zero-order valence-electron chi connectivity index (χ0n) is 39.5. The minimum atomic E-state index is -2.17. The fourth-order valence-corrected chi connectivity index (χ4v) is 12.3. The number of fused-ring (bicyclic) bond motifs is 2. The zero-order valence-corrected chi connectivity index (χ0v) is 46.4. The van der Waals surface area contributed by atoms with Crippen molar-refractivity contribution >= 4 is 152 Å². The van der Waals surface area contributed by atoms with Crippen LogP contribution in [0, 0.1) is 0 Å². The van der Waals surface area contributed by atoms with Crippen LogP contribution in [0.3, 0.4) is 0 Å². The Labute approximate surface area is 476 Å². The average molecular weight is 1230 g/mol. The number of nitrogens with zero attached hydrogens (tertiary/aromatic N) is 2. The second kappa shape index (κ2) is 23.9. The quantitative estimate of drug-likeness (QED) is 0.0356. The van der Waals surface area contributed by atoms with Gasteiger partial charge in [-0.1, -0.05) is 153 Å². The first-order valence-electron chi connectivity index (χ1n) is 22.5. The van der Waals surface area contributed by atoms with Gasteiger partial charge in [0.05, 0.1) is 75.6 Å². The first-order valence-corrected chi connectivity index (χ1v) is 26.4. The topological polar surface area (TPSA) is 217 Å². The Balaban J connectivity index is 1.34. The first kappa shape index (κ1) is 57.7. The maximum absolute atomic E-state index is 14.9. The van der Waals surface area contributed by atoms with Crippen molar-refractivity contribution in [2.45, 2.75) is 99.6 Å². The molecular weight excluding hydrogens is 1190 g/mol. The lowest BCUT2D eigenvalue weighted by molar-refractivity contribution is -0.322. The highest BCUT2D eigenvalue weighted by Crippen LogP contribution is 2.50. The maximum atomic E-state index is 14.9. The summed E-state index contributed by atoms with van der Waals surface area (Å²) in [4.78, 5) is 114. The lowest BCUT2D eigenvalue weighted by Crippen LogP contribution is -2.71. The van der Waals surface area contributed by atoms with Gasteiger partial charge in [-0.05, 0) is 17.7 Å². The molecule has 402 valence electrons. The van der Waals surface area contributed by atoms with Crippen molar-refractivity contribution in [3.05, 3.63) is 129 Å². The molecule has 4 aliphatic heterocycles. The van der Waals surface area contributed by atoms with E-state index in [9.17, 15) is 38.4 Å². The van der Waals surface area contributed by atoms with Crippen LogP contribution in [0.2, 0.25) is 40.2 Å². The van der Waals surface area contributed by atoms with E-state index in [0.717, 1.165) is 39.5 Å². The van der Waals surface area contributed by atoms with Crippen LogP contribution in [-0.2, 0) is 63.7 Å². The van der Waals surface area contributed by atoms with Crippen LogP contribution in [0.5, 0.6) is 0 Å². The Morgan fingerprint density at radius 1 is 0.500 bits per heavy atom. The number of esters is 4. The predicted octanol–water partition coefficient (Wildman–Crippen LogP) is 9.75. The molecule has 0 saturated carbocycles. The summed E-state index contributed by atoms with van der Waals surface area (Å²) in [5, 5.41) is -3.39. The average Bonchev–Trinajstić information content (AvgIpc) is 3.86. The smallest absolute Gasteiger partial charge is 0.303 e. The Kier molecular flexibility index (Phi) is 18.1. The lowest BCUT2D eigenvalue weighted by Gasteiger charge is -2.51. The van der Waals surface area contributed by atoms with Gasteiger partial charge < -0.3 is 37.9 Å². The van der Waals surface area contributed by atoms with Gasteiger partial charge in [-0.2, -0.15) is 0 Å². The number of rotatable bonds is 15. The molecule has 4 aliphatic rings. The molecule has 0 spiro atoms. The van der Waals surface area contributed by atoms with Gasteiger partial charge >= 0.3 is 23.9 Å². The SMILES string of the molecule is CC(=O)OC[C@H]1O[C@@H](O[C@H]2[C@H](OC(C)=O)[C@@H](N3C(=O)c4c(Cl)c(Cl)c(Cl)c(Cl)c4C3=O)[C@H](Sc3ccccc3)O[C@@H]2COCc2ccccc2)[C@H](N2C(=O)c3c(Cl)c(Cl)c(Cl)c(Cl)c3C2=O)[C@@H](OC(C)=O)[C@@H]1OC(C)=O. The van der Waals surface area contributed by atoms with Gasteiger partial charge in [-0.25, -0.2) is 0 Å². The number of thioether (sulfide) groups is 1. The fourth-order valence-electron chi connectivity index (χ4n) is 9.08. The summed E-state index contributed by atoms with van der Waals surface area (Å²) in [5.74, 6) is -8.54. The molecule has 76 heavy (non-hydrogen) atoms. The Hall–Kier alpha value is -4.45. The molecule has 8 rings (SSSR count). The van der Waals surface area contributed by atoms with Crippen molar-refractivity contribution in [2.75, 3.05) is 13.2 Å². The number of hydrogen-bond donors (Lipinski definition) is 0. The number of carbonyl (C=O) groups is 8.